The van der Waals surface area contributed by atoms with Gasteiger partial charge in [-0.1, -0.05) is 25.1 Å². The first-order valence-corrected chi connectivity index (χ1v) is 10.5. The molecule has 160 valence electrons. The Kier molecular flexibility index (Phi) is 5.63. The van der Waals surface area contributed by atoms with E-state index in [9.17, 15) is 9.59 Å². The normalized spacial score (nSPS) is 20.8. The van der Waals surface area contributed by atoms with Gasteiger partial charge >= 0.3 is 0 Å². The summed E-state index contributed by atoms with van der Waals surface area (Å²) in [4.78, 5) is 30.9. The molecule has 2 aromatic rings. The molecule has 6 nitrogen and oxygen atoms in total. The number of aryl methyl sites for hydroxylation is 1. The molecule has 31 heavy (non-hydrogen) atoms. The molecule has 6 heteroatoms. The lowest BCUT2D eigenvalue weighted by atomic mass is 9.73. The molecule has 1 aromatic carbocycles. The van der Waals surface area contributed by atoms with Gasteiger partial charge in [0.2, 0.25) is 0 Å². The number of carbonyl (C=O) groups is 2. The van der Waals surface area contributed by atoms with Crippen molar-refractivity contribution in [1.29, 1.82) is 0 Å². The van der Waals surface area contributed by atoms with Gasteiger partial charge < -0.3 is 15.4 Å². The van der Waals surface area contributed by atoms with E-state index >= 15 is 0 Å². The summed E-state index contributed by atoms with van der Waals surface area (Å²) in [6, 6.07) is 11.3. The Hall–Kier alpha value is -3.41. The molecule has 1 aliphatic heterocycles. The highest BCUT2D eigenvalue weighted by Crippen LogP contribution is 2.44. The first-order chi connectivity index (χ1) is 14.9. The summed E-state index contributed by atoms with van der Waals surface area (Å²) >= 11 is 0. The molecule has 2 N–H and O–H groups in total. The van der Waals surface area contributed by atoms with Crippen LogP contribution in [0.2, 0.25) is 0 Å². The molecule has 4 rings (SSSR count). The number of rotatable bonds is 4. The highest BCUT2D eigenvalue weighted by Gasteiger charge is 2.40. The van der Waals surface area contributed by atoms with Gasteiger partial charge in [0.05, 0.1) is 7.11 Å². The molecule has 0 bridgehead atoms. The Morgan fingerprint density at radius 3 is 2.71 bits per heavy atom. The van der Waals surface area contributed by atoms with Crippen molar-refractivity contribution in [2.24, 2.45) is 5.92 Å². The number of benzene rings is 1. The zero-order valence-corrected chi connectivity index (χ0v) is 18.3. The minimum atomic E-state index is -0.461. The van der Waals surface area contributed by atoms with E-state index < -0.39 is 5.92 Å². The van der Waals surface area contributed by atoms with Crippen LogP contribution in [0.5, 0.6) is 5.75 Å². The average Bonchev–Trinajstić information content (AvgIpc) is 2.74. The molecule has 1 amide bonds. The van der Waals surface area contributed by atoms with Crippen LogP contribution in [0.4, 0.5) is 5.82 Å². The van der Waals surface area contributed by atoms with Crippen LogP contribution in [-0.2, 0) is 9.59 Å². The minimum Gasteiger partial charge on any atom is -0.497 e. The number of nitrogens with zero attached hydrogens (tertiary/aromatic N) is 1. The second kappa shape index (κ2) is 8.38. The number of ketones is 1. The lowest BCUT2D eigenvalue weighted by molar-refractivity contribution is -0.117. The number of amides is 1. The zero-order valence-electron chi connectivity index (χ0n) is 18.3. The Morgan fingerprint density at radius 1 is 1.19 bits per heavy atom. The number of Topliss-reactive ketones (excluding diaryl/α,β-unsaturated/α-hetero) is 1. The first-order valence-electron chi connectivity index (χ1n) is 10.5. The van der Waals surface area contributed by atoms with E-state index in [0.29, 0.717) is 29.1 Å². The van der Waals surface area contributed by atoms with E-state index in [2.05, 4.69) is 22.5 Å². The number of anilines is 1. The van der Waals surface area contributed by atoms with Gasteiger partial charge in [0, 0.05) is 41.1 Å². The van der Waals surface area contributed by atoms with E-state index in [4.69, 9.17) is 4.74 Å². The third-order valence-electron chi connectivity index (χ3n) is 5.86. The third kappa shape index (κ3) is 4.10. The number of nitrogens with one attached hydrogen (secondary N) is 2. The van der Waals surface area contributed by atoms with Gasteiger partial charge in [0.1, 0.15) is 11.6 Å². The summed E-state index contributed by atoms with van der Waals surface area (Å²) in [5.74, 6) is 0.782. The number of allylic oxidation sites excluding steroid dienone is 3. The lowest BCUT2D eigenvalue weighted by Crippen LogP contribution is -2.37. The highest BCUT2D eigenvalue weighted by atomic mass is 16.5. The smallest absolute Gasteiger partial charge is 0.255 e. The molecule has 0 saturated carbocycles. The Bertz CT molecular complexity index is 1100. The number of dihydropyridines is 1. The fourth-order valence-electron chi connectivity index (χ4n) is 4.41. The number of methoxy groups -OCH3 is 1. The lowest BCUT2D eigenvalue weighted by Gasteiger charge is -2.36. The molecule has 2 atom stereocenters. The van der Waals surface area contributed by atoms with Crippen LogP contribution in [0.15, 0.2) is 65.1 Å². The van der Waals surface area contributed by atoms with Crippen molar-refractivity contribution in [2.45, 2.75) is 39.5 Å². The fourth-order valence-corrected chi connectivity index (χ4v) is 4.41. The summed E-state index contributed by atoms with van der Waals surface area (Å²) in [5, 5.41) is 6.26. The molecule has 2 heterocycles. The van der Waals surface area contributed by atoms with Gasteiger partial charge in [-0.05, 0) is 55.5 Å². The van der Waals surface area contributed by atoms with Crippen LogP contribution < -0.4 is 15.4 Å². The summed E-state index contributed by atoms with van der Waals surface area (Å²) < 4.78 is 5.41. The van der Waals surface area contributed by atoms with Crippen molar-refractivity contribution >= 4 is 17.5 Å². The van der Waals surface area contributed by atoms with E-state index in [-0.39, 0.29) is 17.6 Å². The maximum absolute atomic E-state index is 13.4. The molecule has 0 radical (unpaired) electrons. The van der Waals surface area contributed by atoms with Crippen LogP contribution in [0, 0.1) is 12.8 Å². The van der Waals surface area contributed by atoms with Crippen LogP contribution in [0.3, 0.4) is 0 Å². The summed E-state index contributed by atoms with van der Waals surface area (Å²) in [6.07, 6.45) is 2.98. The highest BCUT2D eigenvalue weighted by molar-refractivity contribution is 6.09. The third-order valence-corrected chi connectivity index (χ3v) is 5.86. The van der Waals surface area contributed by atoms with E-state index in [1.54, 1.807) is 19.4 Å². The van der Waals surface area contributed by atoms with Crippen molar-refractivity contribution in [2.75, 3.05) is 12.4 Å². The monoisotopic (exact) mass is 417 g/mol. The number of aromatic nitrogens is 1. The van der Waals surface area contributed by atoms with Gasteiger partial charge in [-0.25, -0.2) is 4.98 Å². The second-order valence-electron chi connectivity index (χ2n) is 8.38. The predicted molar refractivity (Wildman–Crippen MR) is 120 cm³/mol. The van der Waals surface area contributed by atoms with Crippen molar-refractivity contribution in [3.8, 4) is 5.75 Å². The molecule has 1 aliphatic carbocycles. The Labute approximate surface area is 182 Å². The van der Waals surface area contributed by atoms with Crippen LogP contribution >= 0.6 is 0 Å². The number of carbonyl (C=O) groups excluding carboxylic acids is 2. The van der Waals surface area contributed by atoms with Gasteiger partial charge in [0.15, 0.2) is 5.78 Å². The molecule has 0 spiro atoms. The molecular weight excluding hydrogens is 390 g/mol. The van der Waals surface area contributed by atoms with Crippen molar-refractivity contribution in [3.63, 3.8) is 0 Å². The molecule has 0 unspecified atom stereocenters. The van der Waals surface area contributed by atoms with Crippen LogP contribution in [-0.4, -0.2) is 23.8 Å². The molecule has 2 aliphatic rings. The summed E-state index contributed by atoms with van der Waals surface area (Å²) in [5.41, 5.74) is 4.74. The second-order valence-corrected chi connectivity index (χ2v) is 8.38. The molecular formula is C25H27N3O3. The van der Waals surface area contributed by atoms with Crippen molar-refractivity contribution < 1.29 is 14.3 Å². The minimum absolute atomic E-state index is 0.0836. The topological polar surface area (TPSA) is 80.3 Å². The number of pyridine rings is 1. The first kappa shape index (κ1) is 20.8. The van der Waals surface area contributed by atoms with Crippen molar-refractivity contribution in [3.05, 3.63) is 76.3 Å². The molecule has 0 saturated heterocycles. The molecule has 1 aromatic heterocycles. The van der Waals surface area contributed by atoms with E-state index in [1.165, 1.54) is 0 Å². The zero-order chi connectivity index (χ0) is 22.1. The average molecular weight is 418 g/mol. The van der Waals surface area contributed by atoms with E-state index in [1.807, 2.05) is 44.2 Å². The van der Waals surface area contributed by atoms with Gasteiger partial charge in [-0.15, -0.1) is 0 Å². The quantitative estimate of drug-likeness (QED) is 0.777. The maximum Gasteiger partial charge on any atom is 0.255 e. The predicted octanol–water partition coefficient (Wildman–Crippen LogP) is 4.25. The van der Waals surface area contributed by atoms with Gasteiger partial charge in [-0.3, -0.25) is 9.59 Å². The Balaban J connectivity index is 1.79. The SMILES string of the molecule is COc1cccc([C@H]2C(C(=O)Nc3ccc(C)cn3)=C(C)NC3=C2C(=O)C[C@H](C)C3)c1. The fraction of sp³-hybridized carbons (Fsp3) is 0.320. The molecule has 0 fully saturated rings. The van der Waals surface area contributed by atoms with E-state index in [0.717, 1.165) is 28.9 Å². The van der Waals surface area contributed by atoms with Crippen LogP contribution in [0.1, 0.15) is 43.7 Å². The summed E-state index contributed by atoms with van der Waals surface area (Å²) in [6.45, 7) is 5.91. The largest absolute Gasteiger partial charge is 0.497 e. The standard InChI is InChI=1S/C25H27N3O3/c1-14-8-9-21(26-13-14)28-25(30)22-16(3)27-19-10-15(2)11-20(29)24(19)23(22)17-6-5-7-18(12-17)31-4/h5-9,12-13,15,23,27H,10-11H2,1-4H3,(H,26,28,30)/t15-,23+/m1/s1. The van der Waals surface area contributed by atoms with Gasteiger partial charge in [-0.2, -0.15) is 0 Å². The Morgan fingerprint density at radius 2 is 2.00 bits per heavy atom. The summed E-state index contributed by atoms with van der Waals surface area (Å²) in [7, 11) is 1.61. The number of hydrogen-bond donors (Lipinski definition) is 2. The van der Waals surface area contributed by atoms with Crippen molar-refractivity contribution in [1.82, 2.24) is 10.3 Å². The maximum atomic E-state index is 13.4. The number of hydrogen-bond acceptors (Lipinski definition) is 5. The number of ether oxygens (including phenoxy) is 1. The van der Waals surface area contributed by atoms with Crippen LogP contribution in [0.25, 0.3) is 0 Å². The van der Waals surface area contributed by atoms with Gasteiger partial charge in [0.25, 0.3) is 5.91 Å².